The average molecular weight is 380 g/mol. The van der Waals surface area contributed by atoms with Crippen molar-refractivity contribution in [2.24, 2.45) is 0 Å². The number of carbonyl (C=O) groups is 1. The molecule has 0 amide bonds. The second kappa shape index (κ2) is 6.10. The summed E-state index contributed by atoms with van der Waals surface area (Å²) in [6.45, 7) is 2.15. The molecule has 0 radical (unpaired) electrons. The lowest BCUT2D eigenvalue weighted by Gasteiger charge is -2.30. The molecule has 1 saturated heterocycles. The monoisotopic (exact) mass is 378 g/mol. The highest BCUT2D eigenvalue weighted by Crippen LogP contribution is 2.21. The minimum Gasteiger partial charge on any atom is -0.479 e. The van der Waals surface area contributed by atoms with Gasteiger partial charge in [0.25, 0.3) is 0 Å². The maximum atomic E-state index is 10.9. The van der Waals surface area contributed by atoms with Crippen LogP contribution < -0.4 is 0 Å². The van der Waals surface area contributed by atoms with Crippen molar-refractivity contribution in [2.45, 2.75) is 12.6 Å². The van der Waals surface area contributed by atoms with Crippen LogP contribution in [0.1, 0.15) is 5.69 Å². The summed E-state index contributed by atoms with van der Waals surface area (Å²) in [4.78, 5) is 17.2. The van der Waals surface area contributed by atoms with Crippen molar-refractivity contribution < 1.29 is 14.6 Å². The summed E-state index contributed by atoms with van der Waals surface area (Å²) in [5.41, 5.74) is 0.893. The summed E-state index contributed by atoms with van der Waals surface area (Å²) in [5, 5.41) is 8.93. The van der Waals surface area contributed by atoms with E-state index in [1.54, 1.807) is 6.20 Å². The molecule has 1 aliphatic heterocycles. The maximum Gasteiger partial charge on any atom is 0.334 e. The Labute approximate surface area is 121 Å². The van der Waals surface area contributed by atoms with Crippen LogP contribution >= 0.6 is 31.9 Å². The zero-order chi connectivity index (χ0) is 13.1. The van der Waals surface area contributed by atoms with Crippen molar-refractivity contribution in [2.75, 3.05) is 19.7 Å². The number of pyridine rings is 1. The molecule has 1 atom stereocenters. The van der Waals surface area contributed by atoms with Crippen LogP contribution in [0.25, 0.3) is 0 Å². The second-order valence-electron chi connectivity index (χ2n) is 4.01. The van der Waals surface area contributed by atoms with E-state index >= 15 is 0 Å². The molecular formula is C11H12Br2N2O3. The minimum atomic E-state index is -0.914. The first-order chi connectivity index (χ1) is 8.56. The lowest BCUT2D eigenvalue weighted by molar-refractivity contribution is -0.156. The first-order valence-electron chi connectivity index (χ1n) is 5.43. The molecule has 5 nitrogen and oxygen atoms in total. The third-order valence-corrected chi connectivity index (χ3v) is 3.80. The van der Waals surface area contributed by atoms with Crippen LogP contribution in [0.3, 0.4) is 0 Å². The number of rotatable bonds is 3. The Kier molecular flexibility index (Phi) is 4.71. The first kappa shape index (κ1) is 13.9. The molecule has 7 heteroatoms. The van der Waals surface area contributed by atoms with E-state index < -0.39 is 12.1 Å². The number of carboxylic acid groups (broad SMARTS) is 1. The van der Waals surface area contributed by atoms with E-state index in [4.69, 9.17) is 9.84 Å². The van der Waals surface area contributed by atoms with Crippen LogP contribution in [0.15, 0.2) is 21.2 Å². The van der Waals surface area contributed by atoms with Crippen LogP contribution in [-0.2, 0) is 16.1 Å². The predicted molar refractivity (Wildman–Crippen MR) is 72.3 cm³/mol. The van der Waals surface area contributed by atoms with Crippen molar-refractivity contribution in [1.29, 1.82) is 0 Å². The Morgan fingerprint density at radius 2 is 2.39 bits per heavy atom. The normalized spacial score (nSPS) is 20.9. The van der Waals surface area contributed by atoms with Gasteiger partial charge in [0.05, 0.1) is 12.3 Å². The van der Waals surface area contributed by atoms with Gasteiger partial charge < -0.3 is 9.84 Å². The molecule has 1 aliphatic rings. The third kappa shape index (κ3) is 3.50. The van der Waals surface area contributed by atoms with E-state index in [2.05, 4.69) is 36.8 Å². The molecule has 1 aromatic heterocycles. The molecular weight excluding hydrogens is 368 g/mol. The van der Waals surface area contributed by atoms with Crippen LogP contribution in [0.4, 0.5) is 0 Å². The van der Waals surface area contributed by atoms with Gasteiger partial charge in [0.1, 0.15) is 0 Å². The number of halogens is 2. The van der Waals surface area contributed by atoms with Crippen LogP contribution in [0, 0.1) is 0 Å². The number of aromatic nitrogens is 1. The minimum absolute atomic E-state index is 0.388. The second-order valence-corrected chi connectivity index (χ2v) is 5.78. The van der Waals surface area contributed by atoms with Gasteiger partial charge in [-0.25, -0.2) is 4.79 Å². The number of nitrogens with zero attached hydrogens (tertiary/aromatic N) is 2. The van der Waals surface area contributed by atoms with Crippen molar-refractivity contribution in [3.05, 3.63) is 26.9 Å². The van der Waals surface area contributed by atoms with Crippen LogP contribution in [0.5, 0.6) is 0 Å². The number of ether oxygens (including phenoxy) is 1. The SMILES string of the molecule is O=C(O)C1CN(Cc2ncc(Br)cc2Br)CCO1. The number of hydrogen-bond acceptors (Lipinski definition) is 4. The zero-order valence-corrected chi connectivity index (χ0v) is 12.6. The number of morpholine rings is 1. The van der Waals surface area contributed by atoms with E-state index in [1.165, 1.54) is 0 Å². The molecule has 1 N–H and O–H groups in total. The zero-order valence-electron chi connectivity index (χ0n) is 9.47. The molecule has 2 rings (SSSR count). The number of aliphatic carboxylic acids is 1. The predicted octanol–water partition coefficient (Wildman–Crippen LogP) is 1.89. The Morgan fingerprint density at radius 1 is 1.61 bits per heavy atom. The van der Waals surface area contributed by atoms with Gasteiger partial charge >= 0.3 is 5.97 Å². The Hall–Kier alpha value is -0.500. The van der Waals surface area contributed by atoms with Crippen molar-refractivity contribution in [3.63, 3.8) is 0 Å². The molecule has 0 aliphatic carbocycles. The van der Waals surface area contributed by atoms with Gasteiger partial charge in [-0.1, -0.05) is 0 Å². The Bertz CT molecular complexity index is 456. The van der Waals surface area contributed by atoms with Gasteiger partial charge in [0, 0.05) is 34.8 Å². The molecule has 98 valence electrons. The number of carboxylic acids is 1. The van der Waals surface area contributed by atoms with Gasteiger partial charge in [0.2, 0.25) is 0 Å². The fourth-order valence-corrected chi connectivity index (χ4v) is 2.88. The summed E-state index contributed by atoms with van der Waals surface area (Å²) in [6, 6.07) is 1.93. The highest BCUT2D eigenvalue weighted by molar-refractivity contribution is 9.11. The quantitative estimate of drug-likeness (QED) is 0.868. The lowest BCUT2D eigenvalue weighted by Crippen LogP contribution is -2.45. The van der Waals surface area contributed by atoms with Crippen molar-refractivity contribution >= 4 is 37.8 Å². The average Bonchev–Trinajstić information content (AvgIpc) is 2.33. The summed E-state index contributed by atoms with van der Waals surface area (Å²) in [6.07, 6.45) is 0.989. The molecule has 2 heterocycles. The van der Waals surface area contributed by atoms with E-state index in [1.807, 2.05) is 11.0 Å². The summed E-state index contributed by atoms with van der Waals surface area (Å²) < 4.78 is 6.99. The molecule has 1 unspecified atom stereocenters. The Morgan fingerprint density at radius 3 is 3.06 bits per heavy atom. The van der Waals surface area contributed by atoms with Crippen LogP contribution in [0.2, 0.25) is 0 Å². The van der Waals surface area contributed by atoms with Gasteiger partial charge in [-0.3, -0.25) is 9.88 Å². The fourth-order valence-electron chi connectivity index (χ4n) is 1.77. The van der Waals surface area contributed by atoms with Crippen LogP contribution in [-0.4, -0.2) is 46.8 Å². The van der Waals surface area contributed by atoms with Gasteiger partial charge in [-0.05, 0) is 37.9 Å². The Balaban J connectivity index is 2.02. The van der Waals surface area contributed by atoms with E-state index in [9.17, 15) is 4.79 Å². The number of hydrogen-bond donors (Lipinski definition) is 1. The maximum absolute atomic E-state index is 10.9. The largest absolute Gasteiger partial charge is 0.479 e. The third-order valence-electron chi connectivity index (χ3n) is 2.68. The molecule has 18 heavy (non-hydrogen) atoms. The molecule has 0 saturated carbocycles. The molecule has 0 bridgehead atoms. The molecule has 0 spiro atoms. The summed E-state index contributed by atoms with van der Waals surface area (Å²) in [7, 11) is 0. The van der Waals surface area contributed by atoms with Gasteiger partial charge in [-0.2, -0.15) is 0 Å². The smallest absolute Gasteiger partial charge is 0.334 e. The van der Waals surface area contributed by atoms with Gasteiger partial charge in [0.15, 0.2) is 6.10 Å². The first-order valence-corrected chi connectivity index (χ1v) is 7.01. The molecule has 0 aromatic carbocycles. The molecule has 1 fully saturated rings. The van der Waals surface area contributed by atoms with E-state index in [-0.39, 0.29) is 0 Å². The standard InChI is InChI=1S/C11H12Br2N2O3/c12-7-3-8(13)9(14-4-7)5-15-1-2-18-10(6-15)11(16)17/h3-4,10H,1-2,5-6H2,(H,16,17). The van der Waals surface area contributed by atoms with Crippen molar-refractivity contribution in [1.82, 2.24) is 9.88 Å². The van der Waals surface area contributed by atoms with E-state index in [0.29, 0.717) is 26.2 Å². The summed E-state index contributed by atoms with van der Waals surface area (Å²) >= 11 is 6.80. The summed E-state index contributed by atoms with van der Waals surface area (Å²) in [5.74, 6) is -0.914. The molecule has 1 aromatic rings. The van der Waals surface area contributed by atoms with E-state index in [0.717, 1.165) is 14.6 Å². The van der Waals surface area contributed by atoms with Crippen molar-refractivity contribution in [3.8, 4) is 0 Å². The lowest BCUT2D eigenvalue weighted by atomic mass is 10.2. The van der Waals surface area contributed by atoms with Gasteiger partial charge in [-0.15, -0.1) is 0 Å². The topological polar surface area (TPSA) is 62.7 Å². The fraction of sp³-hybridized carbons (Fsp3) is 0.455. The highest BCUT2D eigenvalue weighted by Gasteiger charge is 2.26. The highest BCUT2D eigenvalue weighted by atomic mass is 79.9.